The normalized spacial score (nSPS) is 26.2. The molecular formula is C14H31N3O. The van der Waals surface area contributed by atoms with Gasteiger partial charge in [0.2, 0.25) is 0 Å². The number of aliphatic hydroxyl groups excluding tert-OH is 1. The number of rotatable bonds is 7. The maximum absolute atomic E-state index is 9.52. The summed E-state index contributed by atoms with van der Waals surface area (Å²) in [4.78, 5) is 4.98. The fourth-order valence-corrected chi connectivity index (χ4v) is 2.88. The number of likely N-dealkylation sites (N-methyl/N-ethyl adjacent to an activating group) is 2. The van der Waals surface area contributed by atoms with E-state index in [-0.39, 0.29) is 12.1 Å². The van der Waals surface area contributed by atoms with Crippen LogP contribution in [0.15, 0.2) is 0 Å². The predicted molar refractivity (Wildman–Crippen MR) is 76.9 cm³/mol. The van der Waals surface area contributed by atoms with Gasteiger partial charge in [-0.3, -0.25) is 4.90 Å². The van der Waals surface area contributed by atoms with Crippen molar-refractivity contribution >= 4 is 0 Å². The third kappa shape index (κ3) is 4.19. The maximum Gasteiger partial charge on any atom is 0.0613 e. The maximum atomic E-state index is 9.52. The minimum Gasteiger partial charge on any atom is -0.394 e. The molecule has 0 amide bonds. The second-order valence-corrected chi connectivity index (χ2v) is 5.79. The molecule has 2 N–H and O–H groups in total. The van der Waals surface area contributed by atoms with Gasteiger partial charge in [-0.2, -0.15) is 0 Å². The lowest BCUT2D eigenvalue weighted by atomic mass is 9.91. The molecule has 1 aliphatic rings. The highest BCUT2D eigenvalue weighted by atomic mass is 16.3. The monoisotopic (exact) mass is 257 g/mol. The predicted octanol–water partition coefficient (Wildman–Crippen LogP) is 0.763. The average Bonchev–Trinajstić information content (AvgIpc) is 2.38. The van der Waals surface area contributed by atoms with E-state index in [0.717, 1.165) is 25.8 Å². The lowest BCUT2D eigenvalue weighted by Crippen LogP contribution is -2.51. The zero-order valence-corrected chi connectivity index (χ0v) is 12.6. The van der Waals surface area contributed by atoms with Gasteiger partial charge in [-0.1, -0.05) is 6.92 Å². The number of nitrogens with zero attached hydrogens (tertiary/aromatic N) is 2. The van der Waals surface area contributed by atoms with E-state index in [9.17, 15) is 5.11 Å². The summed E-state index contributed by atoms with van der Waals surface area (Å²) in [6, 6.07) is 0.656. The van der Waals surface area contributed by atoms with Gasteiger partial charge < -0.3 is 15.3 Å². The molecule has 0 saturated carbocycles. The van der Waals surface area contributed by atoms with Crippen LogP contribution in [0.3, 0.4) is 0 Å². The van der Waals surface area contributed by atoms with Crippen molar-refractivity contribution in [2.75, 3.05) is 46.9 Å². The Morgan fingerprint density at radius 2 is 2.11 bits per heavy atom. The molecule has 1 heterocycles. The molecule has 2 atom stereocenters. The van der Waals surface area contributed by atoms with Gasteiger partial charge in [0.05, 0.1) is 6.61 Å². The van der Waals surface area contributed by atoms with Crippen molar-refractivity contribution in [3.63, 3.8) is 0 Å². The zero-order chi connectivity index (χ0) is 13.6. The number of nitrogens with one attached hydrogen (secondary N) is 1. The molecule has 0 spiro atoms. The third-order valence-corrected chi connectivity index (χ3v) is 4.58. The van der Waals surface area contributed by atoms with Gasteiger partial charge >= 0.3 is 0 Å². The van der Waals surface area contributed by atoms with E-state index in [4.69, 9.17) is 0 Å². The Morgan fingerprint density at radius 1 is 1.39 bits per heavy atom. The first-order chi connectivity index (χ1) is 8.56. The van der Waals surface area contributed by atoms with Crippen LogP contribution in [0, 0.1) is 0 Å². The first-order valence-corrected chi connectivity index (χ1v) is 7.29. The summed E-state index contributed by atoms with van der Waals surface area (Å²) in [5.74, 6) is 0. The van der Waals surface area contributed by atoms with Gasteiger partial charge in [-0.25, -0.2) is 0 Å². The van der Waals surface area contributed by atoms with Gasteiger partial charge in [0, 0.05) is 31.2 Å². The van der Waals surface area contributed by atoms with Crippen LogP contribution in [-0.4, -0.2) is 73.4 Å². The molecule has 18 heavy (non-hydrogen) atoms. The molecule has 2 unspecified atom stereocenters. The van der Waals surface area contributed by atoms with Crippen LogP contribution in [0.2, 0.25) is 0 Å². The quantitative estimate of drug-likeness (QED) is 0.706. The van der Waals surface area contributed by atoms with E-state index in [2.05, 4.69) is 36.0 Å². The van der Waals surface area contributed by atoms with Crippen molar-refractivity contribution in [1.29, 1.82) is 0 Å². The lowest BCUT2D eigenvalue weighted by Gasteiger charge is -2.39. The minimum absolute atomic E-state index is 0.0736. The van der Waals surface area contributed by atoms with Gasteiger partial charge in [0.25, 0.3) is 0 Å². The van der Waals surface area contributed by atoms with Gasteiger partial charge in [0.15, 0.2) is 0 Å². The number of aliphatic hydroxyl groups is 1. The van der Waals surface area contributed by atoms with Gasteiger partial charge in [-0.15, -0.1) is 0 Å². The largest absolute Gasteiger partial charge is 0.394 e. The van der Waals surface area contributed by atoms with Crippen LogP contribution in [0.4, 0.5) is 0 Å². The first-order valence-electron chi connectivity index (χ1n) is 7.29. The molecule has 1 aliphatic heterocycles. The molecular weight excluding hydrogens is 226 g/mol. The van der Waals surface area contributed by atoms with Crippen molar-refractivity contribution in [2.45, 2.75) is 44.7 Å². The Bertz CT molecular complexity index is 223. The van der Waals surface area contributed by atoms with Crippen molar-refractivity contribution in [1.82, 2.24) is 15.1 Å². The molecule has 4 heteroatoms. The summed E-state index contributed by atoms with van der Waals surface area (Å²) < 4.78 is 0. The molecule has 0 aromatic carbocycles. The van der Waals surface area contributed by atoms with E-state index in [1.807, 2.05) is 7.05 Å². The van der Waals surface area contributed by atoms with Crippen molar-refractivity contribution < 1.29 is 5.11 Å². The highest BCUT2D eigenvalue weighted by molar-refractivity contribution is 4.85. The van der Waals surface area contributed by atoms with Crippen LogP contribution >= 0.6 is 0 Å². The molecule has 0 aliphatic carbocycles. The fraction of sp³-hybridized carbons (Fsp3) is 1.00. The van der Waals surface area contributed by atoms with Crippen LogP contribution in [-0.2, 0) is 0 Å². The highest BCUT2D eigenvalue weighted by Gasteiger charge is 2.26. The summed E-state index contributed by atoms with van der Waals surface area (Å²) in [6.45, 7) is 9.37. The average molecular weight is 257 g/mol. The Labute approximate surface area is 112 Å². The summed E-state index contributed by atoms with van der Waals surface area (Å²) in [5.41, 5.74) is -0.0736. The van der Waals surface area contributed by atoms with Crippen LogP contribution in [0.5, 0.6) is 0 Å². The van der Waals surface area contributed by atoms with E-state index in [1.54, 1.807) is 0 Å². The second kappa shape index (κ2) is 7.43. The first kappa shape index (κ1) is 15.9. The molecule has 108 valence electrons. The lowest BCUT2D eigenvalue weighted by molar-refractivity contribution is 0.0904. The summed E-state index contributed by atoms with van der Waals surface area (Å²) in [7, 11) is 4.15. The second-order valence-electron chi connectivity index (χ2n) is 5.79. The number of piperazine rings is 1. The zero-order valence-electron chi connectivity index (χ0n) is 12.6. The van der Waals surface area contributed by atoms with Crippen LogP contribution in [0.25, 0.3) is 0 Å². The van der Waals surface area contributed by atoms with E-state index in [0.29, 0.717) is 6.04 Å². The van der Waals surface area contributed by atoms with Crippen LogP contribution < -0.4 is 5.32 Å². The van der Waals surface area contributed by atoms with Gasteiger partial charge in [-0.05, 0) is 46.8 Å². The Morgan fingerprint density at radius 3 is 2.61 bits per heavy atom. The van der Waals surface area contributed by atoms with Gasteiger partial charge in [0.1, 0.15) is 0 Å². The van der Waals surface area contributed by atoms with E-state index < -0.39 is 0 Å². The number of hydrogen-bond acceptors (Lipinski definition) is 4. The van der Waals surface area contributed by atoms with Crippen molar-refractivity contribution in [3.05, 3.63) is 0 Å². The Kier molecular flexibility index (Phi) is 6.57. The Hall–Kier alpha value is -0.160. The molecule has 0 bridgehead atoms. The fourth-order valence-electron chi connectivity index (χ4n) is 2.88. The molecule has 1 saturated heterocycles. The molecule has 0 radical (unpaired) electrons. The molecule has 4 nitrogen and oxygen atoms in total. The molecule has 0 aromatic heterocycles. The summed E-state index contributed by atoms with van der Waals surface area (Å²) >= 11 is 0. The number of hydrogen-bond donors (Lipinski definition) is 2. The minimum atomic E-state index is -0.0736. The third-order valence-electron chi connectivity index (χ3n) is 4.58. The molecule has 0 aromatic rings. The highest BCUT2D eigenvalue weighted by Crippen LogP contribution is 2.18. The topological polar surface area (TPSA) is 38.7 Å². The smallest absolute Gasteiger partial charge is 0.0613 e. The van der Waals surface area contributed by atoms with Crippen LogP contribution in [0.1, 0.15) is 33.1 Å². The molecule has 1 rings (SSSR count). The summed E-state index contributed by atoms with van der Waals surface area (Å²) in [6.07, 6.45) is 3.19. The Balaban J connectivity index is 2.32. The molecule has 1 fully saturated rings. The van der Waals surface area contributed by atoms with Crippen molar-refractivity contribution in [2.24, 2.45) is 0 Å². The SMILES string of the molecule is CCC(CO)(CCCN1CCN(C)CC1C)NC. The van der Waals surface area contributed by atoms with E-state index >= 15 is 0 Å². The van der Waals surface area contributed by atoms with E-state index in [1.165, 1.54) is 19.6 Å². The summed E-state index contributed by atoms with van der Waals surface area (Å²) in [5, 5.41) is 12.8. The standard InChI is InChI=1S/C14H31N3O/c1-5-14(12-18,15-3)7-6-8-17-10-9-16(4)11-13(17)2/h13,15,18H,5-12H2,1-4H3. The van der Waals surface area contributed by atoms with Crippen molar-refractivity contribution in [3.8, 4) is 0 Å².